The van der Waals surface area contributed by atoms with E-state index in [2.05, 4.69) is 6.07 Å². The SMILES string of the molecule is Cc1cc2ccccc2n1CC(=O)N(C)CC(C)(C)O. The minimum absolute atomic E-state index is 0.00317. The summed E-state index contributed by atoms with van der Waals surface area (Å²) in [6.07, 6.45) is 0. The molecule has 1 aromatic heterocycles. The van der Waals surface area contributed by atoms with E-state index in [4.69, 9.17) is 0 Å². The zero-order chi connectivity index (χ0) is 14.9. The number of rotatable bonds is 4. The van der Waals surface area contributed by atoms with Crippen molar-refractivity contribution in [2.24, 2.45) is 0 Å². The van der Waals surface area contributed by atoms with Gasteiger partial charge in [0.25, 0.3) is 0 Å². The van der Waals surface area contributed by atoms with Crippen LogP contribution >= 0.6 is 0 Å². The summed E-state index contributed by atoms with van der Waals surface area (Å²) in [5, 5.41) is 10.9. The van der Waals surface area contributed by atoms with Crippen molar-refractivity contribution < 1.29 is 9.90 Å². The van der Waals surface area contributed by atoms with Crippen LogP contribution in [0.1, 0.15) is 19.5 Å². The van der Waals surface area contributed by atoms with Crippen LogP contribution in [-0.4, -0.2) is 39.7 Å². The summed E-state index contributed by atoms with van der Waals surface area (Å²) in [4.78, 5) is 13.9. The zero-order valence-corrected chi connectivity index (χ0v) is 12.6. The molecule has 1 heterocycles. The number of aliphatic hydroxyl groups is 1. The molecule has 1 aromatic carbocycles. The summed E-state index contributed by atoms with van der Waals surface area (Å²) < 4.78 is 2.01. The second-order valence-corrected chi connectivity index (χ2v) is 5.99. The smallest absolute Gasteiger partial charge is 0.242 e. The Labute approximate surface area is 119 Å². The second-order valence-electron chi connectivity index (χ2n) is 5.99. The number of nitrogens with zero attached hydrogens (tertiary/aromatic N) is 2. The van der Waals surface area contributed by atoms with Crippen LogP contribution in [0.3, 0.4) is 0 Å². The number of likely N-dealkylation sites (N-methyl/N-ethyl adjacent to an activating group) is 1. The number of carbonyl (C=O) groups is 1. The monoisotopic (exact) mass is 274 g/mol. The van der Waals surface area contributed by atoms with E-state index in [9.17, 15) is 9.90 Å². The molecule has 0 fully saturated rings. The van der Waals surface area contributed by atoms with Gasteiger partial charge in [0, 0.05) is 24.8 Å². The van der Waals surface area contributed by atoms with E-state index in [1.54, 1.807) is 25.8 Å². The quantitative estimate of drug-likeness (QED) is 0.929. The Morgan fingerprint density at radius 2 is 2.00 bits per heavy atom. The maximum atomic E-state index is 12.3. The first kappa shape index (κ1) is 14.6. The van der Waals surface area contributed by atoms with Gasteiger partial charge in [-0.25, -0.2) is 0 Å². The maximum Gasteiger partial charge on any atom is 0.242 e. The van der Waals surface area contributed by atoms with Gasteiger partial charge < -0.3 is 14.6 Å². The minimum Gasteiger partial charge on any atom is -0.389 e. The van der Waals surface area contributed by atoms with Crippen LogP contribution in [0.4, 0.5) is 0 Å². The molecule has 0 saturated heterocycles. The van der Waals surface area contributed by atoms with E-state index in [0.717, 1.165) is 16.6 Å². The maximum absolute atomic E-state index is 12.3. The second kappa shape index (κ2) is 5.29. The highest BCUT2D eigenvalue weighted by molar-refractivity contribution is 5.84. The summed E-state index contributed by atoms with van der Waals surface area (Å²) >= 11 is 0. The number of aromatic nitrogens is 1. The lowest BCUT2D eigenvalue weighted by Crippen LogP contribution is -2.41. The molecule has 0 aliphatic heterocycles. The van der Waals surface area contributed by atoms with Crippen molar-refractivity contribution in [3.05, 3.63) is 36.0 Å². The number of para-hydroxylation sites is 1. The molecule has 0 bridgehead atoms. The van der Waals surface area contributed by atoms with Crippen LogP contribution in [0.15, 0.2) is 30.3 Å². The first-order valence-electron chi connectivity index (χ1n) is 6.79. The number of hydrogen-bond acceptors (Lipinski definition) is 2. The molecule has 0 aliphatic rings. The van der Waals surface area contributed by atoms with Gasteiger partial charge in [0.15, 0.2) is 0 Å². The van der Waals surface area contributed by atoms with Crippen LogP contribution in [0.2, 0.25) is 0 Å². The van der Waals surface area contributed by atoms with Gasteiger partial charge in [-0.05, 0) is 38.3 Å². The first-order chi connectivity index (χ1) is 9.28. The van der Waals surface area contributed by atoms with Gasteiger partial charge >= 0.3 is 0 Å². The number of amides is 1. The molecule has 0 unspecified atom stereocenters. The highest BCUT2D eigenvalue weighted by Crippen LogP contribution is 2.19. The van der Waals surface area contributed by atoms with Crippen molar-refractivity contribution in [2.75, 3.05) is 13.6 Å². The van der Waals surface area contributed by atoms with E-state index >= 15 is 0 Å². The topological polar surface area (TPSA) is 45.5 Å². The van der Waals surface area contributed by atoms with Gasteiger partial charge in [-0.2, -0.15) is 0 Å². The van der Waals surface area contributed by atoms with E-state index in [1.165, 1.54) is 0 Å². The fourth-order valence-corrected chi connectivity index (χ4v) is 2.48. The first-order valence-corrected chi connectivity index (χ1v) is 6.79. The standard InChI is InChI=1S/C16H22N2O2/c1-12-9-13-7-5-6-8-14(13)18(12)10-15(19)17(4)11-16(2,3)20/h5-9,20H,10-11H2,1-4H3. The van der Waals surface area contributed by atoms with Crippen LogP contribution in [0, 0.1) is 6.92 Å². The Kier molecular flexibility index (Phi) is 3.86. The third-order valence-corrected chi connectivity index (χ3v) is 3.36. The van der Waals surface area contributed by atoms with Crippen molar-refractivity contribution in [3.8, 4) is 0 Å². The van der Waals surface area contributed by atoms with Crippen LogP contribution < -0.4 is 0 Å². The molecule has 20 heavy (non-hydrogen) atoms. The van der Waals surface area contributed by atoms with Gasteiger partial charge in [-0.3, -0.25) is 4.79 Å². The molecule has 1 amide bonds. The number of aryl methyl sites for hydroxylation is 1. The van der Waals surface area contributed by atoms with E-state index in [0.29, 0.717) is 13.1 Å². The van der Waals surface area contributed by atoms with Crippen molar-refractivity contribution in [3.63, 3.8) is 0 Å². The van der Waals surface area contributed by atoms with E-state index in [1.807, 2.05) is 35.8 Å². The molecule has 0 radical (unpaired) electrons. The molecule has 0 spiro atoms. The van der Waals surface area contributed by atoms with E-state index in [-0.39, 0.29) is 5.91 Å². The molecular weight excluding hydrogens is 252 g/mol. The highest BCUT2D eigenvalue weighted by Gasteiger charge is 2.20. The average molecular weight is 274 g/mol. The molecular formula is C16H22N2O2. The van der Waals surface area contributed by atoms with Crippen molar-refractivity contribution in [2.45, 2.75) is 32.9 Å². The third-order valence-electron chi connectivity index (χ3n) is 3.36. The third kappa shape index (κ3) is 3.20. The molecule has 2 rings (SSSR count). The number of carbonyl (C=O) groups excluding carboxylic acids is 1. The van der Waals surface area contributed by atoms with Crippen LogP contribution in [0.5, 0.6) is 0 Å². The average Bonchev–Trinajstić information content (AvgIpc) is 2.64. The molecule has 4 nitrogen and oxygen atoms in total. The lowest BCUT2D eigenvalue weighted by molar-refractivity contribution is -0.133. The van der Waals surface area contributed by atoms with Gasteiger partial charge in [-0.15, -0.1) is 0 Å². The van der Waals surface area contributed by atoms with Gasteiger partial charge in [0.2, 0.25) is 5.91 Å². The number of hydrogen-bond donors (Lipinski definition) is 1. The molecule has 4 heteroatoms. The van der Waals surface area contributed by atoms with E-state index < -0.39 is 5.60 Å². The van der Waals surface area contributed by atoms with Crippen molar-refractivity contribution in [1.82, 2.24) is 9.47 Å². The predicted molar refractivity (Wildman–Crippen MR) is 80.6 cm³/mol. The molecule has 1 N–H and O–H groups in total. The normalized spacial score (nSPS) is 11.8. The fourth-order valence-electron chi connectivity index (χ4n) is 2.48. The largest absolute Gasteiger partial charge is 0.389 e. The lowest BCUT2D eigenvalue weighted by Gasteiger charge is -2.26. The summed E-state index contributed by atoms with van der Waals surface area (Å²) in [6.45, 7) is 6.03. The summed E-state index contributed by atoms with van der Waals surface area (Å²) in [6, 6.07) is 10.1. The molecule has 0 aliphatic carbocycles. The summed E-state index contributed by atoms with van der Waals surface area (Å²) in [5.74, 6) is -0.00317. The zero-order valence-electron chi connectivity index (χ0n) is 12.6. The Bertz CT molecular complexity index is 623. The fraction of sp³-hybridized carbons (Fsp3) is 0.438. The molecule has 108 valence electrons. The Morgan fingerprint density at radius 3 is 2.65 bits per heavy atom. The molecule has 2 aromatic rings. The van der Waals surface area contributed by atoms with Crippen molar-refractivity contribution >= 4 is 16.8 Å². The summed E-state index contributed by atoms with van der Waals surface area (Å²) in [5.41, 5.74) is 1.25. The lowest BCUT2D eigenvalue weighted by atomic mass is 10.1. The van der Waals surface area contributed by atoms with Gasteiger partial charge in [0.1, 0.15) is 6.54 Å². The summed E-state index contributed by atoms with van der Waals surface area (Å²) in [7, 11) is 1.72. The number of fused-ring (bicyclic) bond motifs is 1. The van der Waals surface area contributed by atoms with Crippen LogP contribution in [-0.2, 0) is 11.3 Å². The van der Waals surface area contributed by atoms with Crippen LogP contribution in [0.25, 0.3) is 10.9 Å². The Hall–Kier alpha value is -1.81. The van der Waals surface area contributed by atoms with Gasteiger partial charge in [-0.1, -0.05) is 18.2 Å². The Balaban J connectivity index is 2.20. The molecule has 0 atom stereocenters. The van der Waals surface area contributed by atoms with Crippen molar-refractivity contribution in [1.29, 1.82) is 0 Å². The highest BCUT2D eigenvalue weighted by atomic mass is 16.3. The van der Waals surface area contributed by atoms with Gasteiger partial charge in [0.05, 0.1) is 5.60 Å². The Morgan fingerprint density at radius 1 is 1.35 bits per heavy atom. The minimum atomic E-state index is -0.877. The number of benzene rings is 1. The predicted octanol–water partition coefficient (Wildman–Crippen LogP) is 2.18. The molecule has 0 saturated carbocycles.